The fourth-order valence-corrected chi connectivity index (χ4v) is 1.50. The molecule has 0 aliphatic carbocycles. The van der Waals surface area contributed by atoms with Gasteiger partial charge in [0.05, 0.1) is 6.10 Å². The van der Waals surface area contributed by atoms with E-state index in [1.165, 1.54) is 0 Å². The lowest BCUT2D eigenvalue weighted by molar-refractivity contribution is 0.0850. The van der Waals surface area contributed by atoms with Crippen molar-refractivity contribution in [1.82, 2.24) is 5.32 Å². The predicted molar refractivity (Wildman–Crippen MR) is 69.2 cm³/mol. The van der Waals surface area contributed by atoms with E-state index >= 15 is 0 Å². The van der Waals surface area contributed by atoms with Crippen molar-refractivity contribution < 1.29 is 9.90 Å². The number of hydrogen-bond donors (Lipinski definition) is 2. The van der Waals surface area contributed by atoms with Crippen LogP contribution in [0.3, 0.4) is 0 Å². The van der Waals surface area contributed by atoms with Crippen molar-refractivity contribution in [3.8, 4) is 0 Å². The molecule has 1 amide bonds. The van der Waals surface area contributed by atoms with Crippen LogP contribution in [0.5, 0.6) is 0 Å². The van der Waals surface area contributed by atoms with Crippen molar-refractivity contribution in [2.45, 2.75) is 26.4 Å². The Balaban J connectivity index is 2.47. The van der Waals surface area contributed by atoms with Crippen molar-refractivity contribution in [2.75, 3.05) is 6.54 Å². The topological polar surface area (TPSA) is 49.3 Å². The van der Waals surface area contributed by atoms with Crippen LogP contribution in [0, 0.1) is 5.92 Å². The smallest absolute Gasteiger partial charge is 0.251 e. The molecule has 0 radical (unpaired) electrons. The molecule has 1 rings (SSSR count). The third-order valence-electron chi connectivity index (χ3n) is 2.88. The quantitative estimate of drug-likeness (QED) is 0.849. The Morgan fingerprint density at radius 2 is 2.00 bits per heavy atom. The predicted octanol–water partition coefficient (Wildman–Crippen LogP) is 2.48. The Labute approximate surface area is 107 Å². The largest absolute Gasteiger partial charge is 0.391 e. The first-order valence-electron chi connectivity index (χ1n) is 5.76. The zero-order chi connectivity index (χ0) is 12.8. The lowest BCUT2D eigenvalue weighted by atomic mass is 10.0. The average Bonchev–Trinajstić information content (AvgIpc) is 2.35. The summed E-state index contributed by atoms with van der Waals surface area (Å²) in [5.41, 5.74) is 0.547. The van der Waals surface area contributed by atoms with E-state index in [0.29, 0.717) is 10.6 Å². The highest BCUT2D eigenvalue weighted by atomic mass is 35.5. The molecule has 1 aromatic rings. The standard InChI is InChI=1S/C13H18ClNO2/c1-3-9(2)12(16)8-15-13(17)10-4-6-11(14)7-5-10/h4-7,9,12,16H,3,8H2,1-2H3,(H,15,17). The van der Waals surface area contributed by atoms with Crippen LogP contribution in [0.1, 0.15) is 30.6 Å². The fraction of sp³-hybridized carbons (Fsp3) is 0.462. The van der Waals surface area contributed by atoms with Gasteiger partial charge in [0, 0.05) is 17.1 Å². The molecule has 2 unspecified atom stereocenters. The lowest BCUT2D eigenvalue weighted by Crippen LogP contribution is -2.35. The van der Waals surface area contributed by atoms with Gasteiger partial charge in [-0.15, -0.1) is 0 Å². The second kappa shape index (κ2) is 6.62. The summed E-state index contributed by atoms with van der Waals surface area (Å²) in [7, 11) is 0. The van der Waals surface area contributed by atoms with E-state index in [-0.39, 0.29) is 18.4 Å². The van der Waals surface area contributed by atoms with Crippen molar-refractivity contribution in [2.24, 2.45) is 5.92 Å². The monoisotopic (exact) mass is 255 g/mol. The Morgan fingerprint density at radius 1 is 1.41 bits per heavy atom. The molecule has 0 bridgehead atoms. The minimum Gasteiger partial charge on any atom is -0.391 e. The number of aliphatic hydroxyl groups is 1. The first kappa shape index (κ1) is 14.0. The van der Waals surface area contributed by atoms with Gasteiger partial charge in [-0.2, -0.15) is 0 Å². The molecule has 0 heterocycles. The summed E-state index contributed by atoms with van der Waals surface area (Å²) in [5, 5.41) is 13.0. The highest BCUT2D eigenvalue weighted by molar-refractivity contribution is 6.30. The van der Waals surface area contributed by atoms with Crippen LogP contribution in [-0.4, -0.2) is 23.7 Å². The second-order valence-corrected chi connectivity index (χ2v) is 4.61. The number of carbonyl (C=O) groups excluding carboxylic acids is 1. The van der Waals surface area contributed by atoms with Gasteiger partial charge in [0.1, 0.15) is 0 Å². The van der Waals surface area contributed by atoms with E-state index in [1.54, 1.807) is 24.3 Å². The maximum atomic E-state index is 11.7. The molecule has 0 aliphatic heterocycles. The normalized spacial score (nSPS) is 14.1. The molecule has 0 saturated carbocycles. The molecule has 3 nitrogen and oxygen atoms in total. The molecule has 2 atom stereocenters. The highest BCUT2D eigenvalue weighted by Gasteiger charge is 2.13. The molecule has 0 spiro atoms. The molecular weight excluding hydrogens is 238 g/mol. The van der Waals surface area contributed by atoms with Crippen molar-refractivity contribution >= 4 is 17.5 Å². The summed E-state index contributed by atoms with van der Waals surface area (Å²) in [6, 6.07) is 6.66. The van der Waals surface area contributed by atoms with Crippen LogP contribution in [-0.2, 0) is 0 Å². The van der Waals surface area contributed by atoms with Crippen LogP contribution >= 0.6 is 11.6 Å². The Hall–Kier alpha value is -1.06. The summed E-state index contributed by atoms with van der Waals surface area (Å²) in [6.45, 7) is 4.24. The molecule has 94 valence electrons. The third-order valence-corrected chi connectivity index (χ3v) is 3.13. The van der Waals surface area contributed by atoms with Crippen LogP contribution in [0.25, 0.3) is 0 Å². The number of halogens is 1. The molecule has 2 N–H and O–H groups in total. The first-order valence-corrected chi connectivity index (χ1v) is 6.14. The number of carbonyl (C=O) groups is 1. The summed E-state index contributed by atoms with van der Waals surface area (Å²) in [6.07, 6.45) is 0.383. The van der Waals surface area contributed by atoms with E-state index in [9.17, 15) is 9.90 Å². The molecule has 0 aromatic heterocycles. The Morgan fingerprint density at radius 3 is 2.53 bits per heavy atom. The van der Waals surface area contributed by atoms with E-state index in [0.717, 1.165) is 6.42 Å². The highest BCUT2D eigenvalue weighted by Crippen LogP contribution is 2.10. The van der Waals surface area contributed by atoms with Crippen LogP contribution in [0.15, 0.2) is 24.3 Å². The number of nitrogens with one attached hydrogen (secondary N) is 1. The van der Waals surface area contributed by atoms with Gasteiger partial charge in [-0.05, 0) is 30.2 Å². The summed E-state index contributed by atoms with van der Waals surface area (Å²) in [5.74, 6) is -0.00969. The van der Waals surface area contributed by atoms with Gasteiger partial charge in [-0.1, -0.05) is 31.9 Å². The van der Waals surface area contributed by atoms with Crippen molar-refractivity contribution in [3.63, 3.8) is 0 Å². The molecule has 17 heavy (non-hydrogen) atoms. The number of rotatable bonds is 5. The van der Waals surface area contributed by atoms with E-state index < -0.39 is 6.10 Å². The van der Waals surface area contributed by atoms with Gasteiger partial charge >= 0.3 is 0 Å². The summed E-state index contributed by atoms with van der Waals surface area (Å²) in [4.78, 5) is 11.7. The first-order chi connectivity index (χ1) is 8.04. The SMILES string of the molecule is CCC(C)C(O)CNC(=O)c1ccc(Cl)cc1. The minimum atomic E-state index is -0.503. The van der Waals surface area contributed by atoms with E-state index in [2.05, 4.69) is 5.32 Å². The van der Waals surface area contributed by atoms with E-state index in [4.69, 9.17) is 11.6 Å². The molecular formula is C13H18ClNO2. The molecule has 0 fully saturated rings. The second-order valence-electron chi connectivity index (χ2n) is 4.17. The maximum absolute atomic E-state index is 11.7. The zero-order valence-corrected chi connectivity index (χ0v) is 10.9. The molecule has 4 heteroatoms. The average molecular weight is 256 g/mol. The van der Waals surface area contributed by atoms with Crippen LogP contribution in [0.2, 0.25) is 5.02 Å². The minimum absolute atomic E-state index is 0.181. The van der Waals surface area contributed by atoms with Gasteiger partial charge in [-0.3, -0.25) is 4.79 Å². The van der Waals surface area contributed by atoms with E-state index in [1.807, 2.05) is 13.8 Å². The molecule has 0 aliphatic rings. The lowest BCUT2D eigenvalue weighted by Gasteiger charge is -2.17. The summed E-state index contributed by atoms with van der Waals surface area (Å²) >= 11 is 5.73. The maximum Gasteiger partial charge on any atom is 0.251 e. The number of benzene rings is 1. The molecule has 1 aromatic carbocycles. The van der Waals surface area contributed by atoms with Gasteiger partial charge < -0.3 is 10.4 Å². The zero-order valence-electron chi connectivity index (χ0n) is 10.1. The molecule has 0 saturated heterocycles. The van der Waals surface area contributed by atoms with Crippen molar-refractivity contribution in [3.05, 3.63) is 34.9 Å². The Bertz CT molecular complexity index is 364. The van der Waals surface area contributed by atoms with Crippen molar-refractivity contribution in [1.29, 1.82) is 0 Å². The van der Waals surface area contributed by atoms with Gasteiger partial charge in [0.2, 0.25) is 0 Å². The van der Waals surface area contributed by atoms with Gasteiger partial charge in [0.25, 0.3) is 5.91 Å². The summed E-state index contributed by atoms with van der Waals surface area (Å²) < 4.78 is 0. The number of hydrogen-bond acceptors (Lipinski definition) is 2. The van der Waals surface area contributed by atoms with Gasteiger partial charge in [0.15, 0.2) is 0 Å². The number of aliphatic hydroxyl groups excluding tert-OH is 1. The van der Waals surface area contributed by atoms with Gasteiger partial charge in [-0.25, -0.2) is 0 Å². The Kier molecular flexibility index (Phi) is 5.45. The third kappa shape index (κ3) is 4.36. The van der Waals surface area contributed by atoms with Crippen LogP contribution < -0.4 is 5.32 Å². The number of amides is 1. The fourth-order valence-electron chi connectivity index (χ4n) is 1.37. The van der Waals surface area contributed by atoms with Crippen LogP contribution in [0.4, 0.5) is 0 Å².